The van der Waals surface area contributed by atoms with E-state index in [1.54, 1.807) is 12.3 Å². The van der Waals surface area contributed by atoms with Crippen LogP contribution in [0.4, 0.5) is 5.95 Å². The minimum Gasteiger partial charge on any atom is -0.480 e. The largest absolute Gasteiger partial charge is 0.480 e. The molecule has 0 aliphatic heterocycles. The summed E-state index contributed by atoms with van der Waals surface area (Å²) in [5, 5.41) is 11.2. The Balaban J connectivity index is 2.17. The number of aryl methyl sites for hydroxylation is 1. The number of carboxylic acids is 1. The SMILES string of the molecule is Cc1ccnc(NCCOCC(=O)O)n1. The summed E-state index contributed by atoms with van der Waals surface area (Å²) in [6.45, 7) is 2.38. The molecular formula is C9H13N3O3. The van der Waals surface area contributed by atoms with Gasteiger partial charge in [0.1, 0.15) is 6.61 Å². The second kappa shape index (κ2) is 5.92. The van der Waals surface area contributed by atoms with E-state index in [0.29, 0.717) is 19.1 Å². The summed E-state index contributed by atoms with van der Waals surface area (Å²) < 4.78 is 4.83. The quantitative estimate of drug-likeness (QED) is 0.658. The lowest BCUT2D eigenvalue weighted by Crippen LogP contribution is -2.15. The zero-order chi connectivity index (χ0) is 11.1. The van der Waals surface area contributed by atoms with Gasteiger partial charge < -0.3 is 15.2 Å². The lowest BCUT2D eigenvalue weighted by atomic mass is 10.5. The van der Waals surface area contributed by atoms with Gasteiger partial charge in [0.05, 0.1) is 6.61 Å². The van der Waals surface area contributed by atoms with Gasteiger partial charge in [-0.05, 0) is 13.0 Å². The molecule has 82 valence electrons. The molecule has 0 saturated carbocycles. The predicted octanol–water partition coefficient (Wildman–Crippen LogP) is 0.298. The highest BCUT2D eigenvalue weighted by Crippen LogP contribution is 1.97. The van der Waals surface area contributed by atoms with Crippen molar-refractivity contribution in [2.75, 3.05) is 25.1 Å². The fraction of sp³-hybridized carbons (Fsp3) is 0.444. The Kier molecular flexibility index (Phi) is 4.49. The van der Waals surface area contributed by atoms with Crippen molar-refractivity contribution in [1.29, 1.82) is 0 Å². The average Bonchev–Trinajstić information content (AvgIpc) is 2.17. The van der Waals surface area contributed by atoms with Crippen LogP contribution in [0.1, 0.15) is 5.69 Å². The number of nitrogens with zero attached hydrogens (tertiary/aromatic N) is 2. The van der Waals surface area contributed by atoms with Crippen molar-refractivity contribution in [3.8, 4) is 0 Å². The third-order valence-electron chi connectivity index (χ3n) is 1.55. The van der Waals surface area contributed by atoms with Crippen LogP contribution in [0.25, 0.3) is 0 Å². The summed E-state index contributed by atoms with van der Waals surface area (Å²) in [5.74, 6) is -0.448. The van der Waals surface area contributed by atoms with Gasteiger partial charge >= 0.3 is 5.97 Å². The molecule has 6 nitrogen and oxygen atoms in total. The van der Waals surface area contributed by atoms with Gasteiger partial charge in [-0.3, -0.25) is 0 Å². The van der Waals surface area contributed by atoms with Crippen LogP contribution in [-0.2, 0) is 9.53 Å². The molecule has 0 aliphatic rings. The number of hydrogen-bond donors (Lipinski definition) is 2. The van der Waals surface area contributed by atoms with E-state index in [-0.39, 0.29) is 6.61 Å². The Bertz CT molecular complexity index is 330. The van der Waals surface area contributed by atoms with Gasteiger partial charge in [-0.15, -0.1) is 0 Å². The maximum absolute atomic E-state index is 10.1. The minimum absolute atomic E-state index is 0.281. The van der Waals surface area contributed by atoms with Crippen molar-refractivity contribution in [3.05, 3.63) is 18.0 Å². The number of aliphatic carboxylic acids is 1. The molecule has 1 aromatic heterocycles. The van der Waals surface area contributed by atoms with Gasteiger partial charge in [0.15, 0.2) is 0 Å². The fourth-order valence-electron chi connectivity index (χ4n) is 0.929. The van der Waals surface area contributed by atoms with Gasteiger partial charge in [-0.1, -0.05) is 0 Å². The van der Waals surface area contributed by atoms with E-state index in [0.717, 1.165) is 5.69 Å². The monoisotopic (exact) mass is 211 g/mol. The first-order valence-electron chi connectivity index (χ1n) is 4.51. The molecule has 1 aromatic rings. The van der Waals surface area contributed by atoms with Crippen molar-refractivity contribution < 1.29 is 14.6 Å². The molecule has 0 aliphatic carbocycles. The van der Waals surface area contributed by atoms with E-state index in [2.05, 4.69) is 15.3 Å². The van der Waals surface area contributed by atoms with Gasteiger partial charge in [0.25, 0.3) is 0 Å². The van der Waals surface area contributed by atoms with Crippen molar-refractivity contribution >= 4 is 11.9 Å². The summed E-state index contributed by atoms with van der Waals surface area (Å²) >= 11 is 0. The Labute approximate surface area is 87.3 Å². The highest BCUT2D eigenvalue weighted by Gasteiger charge is 1.97. The summed E-state index contributed by atoms with van der Waals surface area (Å²) in [7, 11) is 0. The van der Waals surface area contributed by atoms with Gasteiger partial charge in [0, 0.05) is 18.4 Å². The second-order valence-corrected chi connectivity index (χ2v) is 2.89. The number of carboxylic acid groups (broad SMARTS) is 1. The fourth-order valence-corrected chi connectivity index (χ4v) is 0.929. The third-order valence-corrected chi connectivity index (χ3v) is 1.55. The molecule has 2 N–H and O–H groups in total. The van der Waals surface area contributed by atoms with Gasteiger partial charge in [0.2, 0.25) is 5.95 Å². The number of carbonyl (C=O) groups is 1. The van der Waals surface area contributed by atoms with E-state index in [4.69, 9.17) is 9.84 Å². The number of ether oxygens (including phenoxy) is 1. The molecule has 6 heteroatoms. The Morgan fingerprint density at radius 2 is 2.47 bits per heavy atom. The first-order chi connectivity index (χ1) is 7.18. The first-order valence-corrected chi connectivity index (χ1v) is 4.51. The maximum atomic E-state index is 10.1. The van der Waals surface area contributed by atoms with Crippen LogP contribution in [-0.4, -0.2) is 40.8 Å². The zero-order valence-electron chi connectivity index (χ0n) is 8.43. The molecule has 0 amide bonds. The molecule has 15 heavy (non-hydrogen) atoms. The Morgan fingerprint density at radius 3 is 3.13 bits per heavy atom. The highest BCUT2D eigenvalue weighted by molar-refractivity contribution is 5.67. The van der Waals surface area contributed by atoms with Crippen molar-refractivity contribution in [1.82, 2.24) is 9.97 Å². The molecule has 0 bridgehead atoms. The topological polar surface area (TPSA) is 84.3 Å². The lowest BCUT2D eigenvalue weighted by Gasteiger charge is -2.04. The average molecular weight is 211 g/mol. The second-order valence-electron chi connectivity index (χ2n) is 2.89. The summed E-state index contributed by atoms with van der Waals surface area (Å²) in [6.07, 6.45) is 1.66. The molecule has 0 radical (unpaired) electrons. The normalized spacial score (nSPS) is 9.93. The molecule has 0 fully saturated rings. The molecule has 0 unspecified atom stereocenters. The molecule has 0 spiro atoms. The van der Waals surface area contributed by atoms with E-state index >= 15 is 0 Å². The van der Waals surface area contributed by atoms with Crippen molar-refractivity contribution in [2.24, 2.45) is 0 Å². The van der Waals surface area contributed by atoms with Crippen LogP contribution in [0, 0.1) is 6.92 Å². The van der Waals surface area contributed by atoms with Crippen molar-refractivity contribution in [2.45, 2.75) is 6.92 Å². The van der Waals surface area contributed by atoms with E-state index in [9.17, 15) is 4.79 Å². The molecule has 0 atom stereocenters. The van der Waals surface area contributed by atoms with Crippen LogP contribution in [0.5, 0.6) is 0 Å². The molecule has 1 rings (SSSR count). The first kappa shape index (κ1) is 11.4. The van der Waals surface area contributed by atoms with Crippen LogP contribution < -0.4 is 5.32 Å². The van der Waals surface area contributed by atoms with Crippen LogP contribution in [0.2, 0.25) is 0 Å². The van der Waals surface area contributed by atoms with Crippen LogP contribution in [0.15, 0.2) is 12.3 Å². The molecule has 0 aromatic carbocycles. The molecular weight excluding hydrogens is 198 g/mol. The summed E-state index contributed by atoms with van der Waals surface area (Å²) in [6, 6.07) is 1.80. The van der Waals surface area contributed by atoms with Gasteiger partial charge in [-0.25, -0.2) is 14.8 Å². The highest BCUT2D eigenvalue weighted by atomic mass is 16.5. The standard InChI is InChI=1S/C9H13N3O3/c1-7-2-3-10-9(12-7)11-4-5-15-6-8(13)14/h2-3H,4-6H2,1H3,(H,13,14)(H,10,11,12). The third kappa shape index (κ3) is 4.92. The number of hydrogen-bond acceptors (Lipinski definition) is 5. The zero-order valence-corrected chi connectivity index (χ0v) is 8.43. The molecule has 0 saturated heterocycles. The van der Waals surface area contributed by atoms with Gasteiger partial charge in [-0.2, -0.15) is 0 Å². The van der Waals surface area contributed by atoms with Crippen molar-refractivity contribution in [3.63, 3.8) is 0 Å². The number of anilines is 1. The number of aromatic nitrogens is 2. The summed E-state index contributed by atoms with van der Waals surface area (Å²) in [4.78, 5) is 18.2. The minimum atomic E-state index is -0.971. The van der Waals surface area contributed by atoms with Crippen LogP contribution in [0.3, 0.4) is 0 Å². The smallest absolute Gasteiger partial charge is 0.329 e. The predicted molar refractivity (Wildman–Crippen MR) is 53.7 cm³/mol. The summed E-state index contributed by atoms with van der Waals surface area (Å²) in [5.41, 5.74) is 0.874. The molecule has 1 heterocycles. The van der Waals surface area contributed by atoms with Crippen LogP contribution >= 0.6 is 0 Å². The number of rotatable bonds is 6. The number of nitrogens with one attached hydrogen (secondary N) is 1. The van der Waals surface area contributed by atoms with E-state index < -0.39 is 5.97 Å². The Morgan fingerprint density at radius 1 is 1.67 bits per heavy atom. The maximum Gasteiger partial charge on any atom is 0.329 e. The lowest BCUT2D eigenvalue weighted by molar-refractivity contribution is -0.142. The van der Waals surface area contributed by atoms with E-state index in [1.807, 2.05) is 6.92 Å². The Hall–Kier alpha value is -1.69. The van der Waals surface area contributed by atoms with E-state index in [1.165, 1.54) is 0 Å².